The van der Waals surface area contributed by atoms with E-state index >= 15 is 0 Å². The number of rotatable bonds is 6. The van der Waals surface area contributed by atoms with Crippen LogP contribution in [0.4, 0.5) is 5.13 Å². The van der Waals surface area contributed by atoms with Crippen LogP contribution in [0.3, 0.4) is 0 Å². The zero-order chi connectivity index (χ0) is 17.0. The lowest BCUT2D eigenvalue weighted by Gasteiger charge is -2.34. The molecule has 1 fully saturated rings. The van der Waals surface area contributed by atoms with E-state index in [1.165, 1.54) is 5.38 Å². The second kappa shape index (κ2) is 7.54. The number of nitrogens with two attached hydrogens (primary N) is 1. The molecular formula is C15H22N4O3S. The molecule has 23 heavy (non-hydrogen) atoms. The first-order valence-corrected chi connectivity index (χ1v) is 8.62. The number of likely N-dealkylation sites (tertiary alicyclic amines) is 1. The van der Waals surface area contributed by atoms with E-state index in [-0.39, 0.29) is 23.4 Å². The number of nitrogens with one attached hydrogen (secondary N) is 1. The van der Waals surface area contributed by atoms with Crippen LogP contribution in [0, 0.1) is 5.92 Å². The second-order valence-corrected chi connectivity index (χ2v) is 6.94. The predicted octanol–water partition coefficient (Wildman–Crippen LogP) is 1.61. The maximum absolute atomic E-state index is 12.6. The van der Waals surface area contributed by atoms with E-state index in [9.17, 15) is 14.4 Å². The summed E-state index contributed by atoms with van der Waals surface area (Å²) in [5.41, 5.74) is 5.28. The van der Waals surface area contributed by atoms with Gasteiger partial charge < -0.3 is 16.0 Å². The predicted molar refractivity (Wildman–Crippen MR) is 88.1 cm³/mol. The highest BCUT2D eigenvalue weighted by Crippen LogP contribution is 2.21. The van der Waals surface area contributed by atoms with Crippen LogP contribution in [-0.2, 0) is 9.59 Å². The first kappa shape index (κ1) is 17.4. The SMILES string of the molecule is CC(C)CC(C(=O)Nc1nc(C(N)=O)cs1)N1CCCCC1=O. The fourth-order valence-corrected chi connectivity index (χ4v) is 3.31. The van der Waals surface area contributed by atoms with Gasteiger partial charge in [-0.25, -0.2) is 4.98 Å². The number of piperidine rings is 1. The van der Waals surface area contributed by atoms with Crippen molar-refractivity contribution in [1.29, 1.82) is 0 Å². The molecule has 0 radical (unpaired) electrons. The number of carbonyl (C=O) groups is 3. The molecule has 1 aliphatic heterocycles. The molecule has 7 nitrogen and oxygen atoms in total. The van der Waals surface area contributed by atoms with Crippen LogP contribution in [0.25, 0.3) is 0 Å². The summed E-state index contributed by atoms with van der Waals surface area (Å²) in [6.07, 6.45) is 2.87. The Morgan fingerprint density at radius 1 is 1.43 bits per heavy atom. The third-order valence-electron chi connectivity index (χ3n) is 3.72. The lowest BCUT2D eigenvalue weighted by molar-refractivity contribution is -0.141. The molecule has 126 valence electrons. The van der Waals surface area contributed by atoms with Gasteiger partial charge in [-0.2, -0.15) is 0 Å². The molecule has 1 aromatic heterocycles. The lowest BCUT2D eigenvalue weighted by atomic mass is 9.99. The van der Waals surface area contributed by atoms with Crippen LogP contribution in [0.1, 0.15) is 50.0 Å². The van der Waals surface area contributed by atoms with Crippen LogP contribution in [0.5, 0.6) is 0 Å². The van der Waals surface area contributed by atoms with E-state index in [2.05, 4.69) is 10.3 Å². The van der Waals surface area contributed by atoms with Gasteiger partial charge in [0.15, 0.2) is 5.13 Å². The van der Waals surface area contributed by atoms with Gasteiger partial charge in [-0.05, 0) is 25.2 Å². The number of carbonyl (C=O) groups excluding carboxylic acids is 3. The van der Waals surface area contributed by atoms with E-state index in [4.69, 9.17) is 5.73 Å². The van der Waals surface area contributed by atoms with Gasteiger partial charge in [-0.3, -0.25) is 14.4 Å². The number of hydrogen-bond donors (Lipinski definition) is 2. The average molecular weight is 338 g/mol. The van der Waals surface area contributed by atoms with Gasteiger partial charge in [0.25, 0.3) is 5.91 Å². The molecule has 3 amide bonds. The fourth-order valence-electron chi connectivity index (χ4n) is 2.61. The Bertz CT molecular complexity index is 599. The Labute approximate surface area is 139 Å². The molecule has 0 aromatic carbocycles. The van der Waals surface area contributed by atoms with Crippen molar-refractivity contribution in [2.24, 2.45) is 11.7 Å². The quantitative estimate of drug-likeness (QED) is 0.822. The maximum Gasteiger partial charge on any atom is 0.268 e. The number of amides is 3. The highest BCUT2D eigenvalue weighted by Gasteiger charge is 2.32. The molecule has 1 saturated heterocycles. The van der Waals surface area contributed by atoms with Crippen molar-refractivity contribution in [1.82, 2.24) is 9.88 Å². The molecule has 0 spiro atoms. The zero-order valence-electron chi connectivity index (χ0n) is 13.4. The van der Waals surface area contributed by atoms with Crippen LogP contribution in [0.2, 0.25) is 0 Å². The lowest BCUT2D eigenvalue weighted by Crippen LogP contribution is -2.49. The summed E-state index contributed by atoms with van der Waals surface area (Å²) in [6, 6.07) is -0.510. The molecule has 8 heteroatoms. The van der Waals surface area contributed by atoms with Gasteiger partial charge in [0.2, 0.25) is 11.8 Å². The van der Waals surface area contributed by atoms with Gasteiger partial charge >= 0.3 is 0 Å². The molecule has 2 rings (SSSR count). The normalized spacial score (nSPS) is 16.5. The van der Waals surface area contributed by atoms with Gasteiger partial charge in [0.05, 0.1) is 0 Å². The van der Waals surface area contributed by atoms with E-state index in [0.717, 1.165) is 24.2 Å². The Balaban J connectivity index is 2.12. The smallest absolute Gasteiger partial charge is 0.268 e. The van der Waals surface area contributed by atoms with Crippen molar-refractivity contribution < 1.29 is 14.4 Å². The summed E-state index contributed by atoms with van der Waals surface area (Å²) >= 11 is 1.14. The van der Waals surface area contributed by atoms with Crippen molar-refractivity contribution in [2.45, 2.75) is 45.6 Å². The molecule has 0 aliphatic carbocycles. The van der Waals surface area contributed by atoms with Gasteiger partial charge in [0.1, 0.15) is 11.7 Å². The highest BCUT2D eigenvalue weighted by atomic mass is 32.1. The maximum atomic E-state index is 12.6. The fraction of sp³-hybridized carbons (Fsp3) is 0.600. The summed E-state index contributed by atoms with van der Waals surface area (Å²) in [4.78, 5) is 41.5. The third-order valence-corrected chi connectivity index (χ3v) is 4.48. The third kappa shape index (κ3) is 4.51. The van der Waals surface area contributed by atoms with Crippen LogP contribution in [-0.4, -0.2) is 40.2 Å². The van der Waals surface area contributed by atoms with Crippen LogP contribution >= 0.6 is 11.3 Å². The van der Waals surface area contributed by atoms with E-state index in [1.54, 1.807) is 4.90 Å². The number of primary amides is 1. The number of thiazole rings is 1. The van der Waals surface area contributed by atoms with Gasteiger partial charge in [0, 0.05) is 18.3 Å². The van der Waals surface area contributed by atoms with Crippen LogP contribution in [0.15, 0.2) is 5.38 Å². The summed E-state index contributed by atoms with van der Waals surface area (Å²) in [5.74, 6) is -0.599. The molecular weight excluding hydrogens is 316 g/mol. The Morgan fingerprint density at radius 3 is 2.74 bits per heavy atom. The standard InChI is InChI=1S/C15H22N4O3S/c1-9(2)7-11(19-6-4-3-5-12(19)20)14(22)18-15-17-10(8-23-15)13(16)21/h8-9,11H,3-7H2,1-2H3,(H2,16,21)(H,17,18,22). The zero-order valence-corrected chi connectivity index (χ0v) is 14.2. The number of hydrogen-bond acceptors (Lipinski definition) is 5. The van der Waals surface area contributed by atoms with Crippen molar-refractivity contribution in [3.63, 3.8) is 0 Å². The van der Waals surface area contributed by atoms with Crippen molar-refractivity contribution in [2.75, 3.05) is 11.9 Å². The second-order valence-electron chi connectivity index (χ2n) is 6.08. The Kier molecular flexibility index (Phi) is 5.70. The molecule has 1 aromatic rings. The van der Waals surface area contributed by atoms with E-state index in [1.807, 2.05) is 13.8 Å². The number of aromatic nitrogens is 1. The summed E-state index contributed by atoms with van der Waals surface area (Å²) in [7, 11) is 0. The molecule has 1 atom stereocenters. The minimum atomic E-state index is -0.633. The summed E-state index contributed by atoms with van der Waals surface area (Å²) in [5, 5.41) is 4.53. The summed E-state index contributed by atoms with van der Waals surface area (Å²) < 4.78 is 0. The van der Waals surface area contributed by atoms with Gasteiger partial charge in [-0.1, -0.05) is 13.8 Å². The molecule has 0 saturated carbocycles. The topological polar surface area (TPSA) is 105 Å². The minimum absolute atomic E-state index is 0.0222. The van der Waals surface area contributed by atoms with E-state index in [0.29, 0.717) is 24.5 Å². The van der Waals surface area contributed by atoms with Crippen molar-refractivity contribution in [3.05, 3.63) is 11.1 Å². The molecule has 1 unspecified atom stereocenters. The molecule has 2 heterocycles. The Hall–Kier alpha value is -1.96. The minimum Gasteiger partial charge on any atom is -0.364 e. The largest absolute Gasteiger partial charge is 0.364 e. The van der Waals surface area contributed by atoms with Crippen molar-refractivity contribution in [3.8, 4) is 0 Å². The number of anilines is 1. The molecule has 0 bridgehead atoms. The van der Waals surface area contributed by atoms with Crippen molar-refractivity contribution >= 4 is 34.2 Å². The van der Waals surface area contributed by atoms with Crippen LogP contribution < -0.4 is 11.1 Å². The van der Waals surface area contributed by atoms with Gasteiger partial charge in [-0.15, -0.1) is 11.3 Å². The average Bonchev–Trinajstić information content (AvgIpc) is 2.94. The molecule has 3 N–H and O–H groups in total. The first-order chi connectivity index (χ1) is 10.9. The number of nitrogens with zero attached hydrogens (tertiary/aromatic N) is 2. The van der Waals surface area contributed by atoms with E-state index < -0.39 is 11.9 Å². The first-order valence-electron chi connectivity index (χ1n) is 7.74. The monoisotopic (exact) mass is 338 g/mol. The Morgan fingerprint density at radius 2 is 2.17 bits per heavy atom. The summed E-state index contributed by atoms with van der Waals surface area (Å²) in [6.45, 7) is 4.64. The highest BCUT2D eigenvalue weighted by molar-refractivity contribution is 7.14. The molecule has 1 aliphatic rings.